The highest BCUT2D eigenvalue weighted by Crippen LogP contribution is 2.52. The van der Waals surface area contributed by atoms with Crippen molar-refractivity contribution in [3.8, 4) is 44.9 Å². The summed E-state index contributed by atoms with van der Waals surface area (Å²) in [6.45, 7) is 4.69. The van der Waals surface area contributed by atoms with Crippen LogP contribution in [0.4, 0.5) is 17.1 Å². The Balaban J connectivity index is 1.13. The van der Waals surface area contributed by atoms with E-state index < -0.39 is 0 Å². The van der Waals surface area contributed by atoms with Crippen LogP contribution in [0, 0.1) is 0 Å². The summed E-state index contributed by atoms with van der Waals surface area (Å²) in [5.41, 5.74) is 13.5. The van der Waals surface area contributed by atoms with Crippen LogP contribution in [0.25, 0.3) is 33.4 Å². The molecule has 0 N–H and O–H groups in total. The van der Waals surface area contributed by atoms with Gasteiger partial charge in [-0.3, -0.25) is 0 Å². The fraction of sp³-hybridized carbons (Fsp3) is 0.0667. The number of rotatable bonds is 5. The third-order valence-corrected chi connectivity index (χ3v) is 10.9. The van der Waals surface area contributed by atoms with E-state index in [9.17, 15) is 0 Å². The van der Waals surface area contributed by atoms with Crippen LogP contribution in [-0.2, 0) is 5.41 Å². The quantitative estimate of drug-likeness (QED) is 0.187. The van der Waals surface area contributed by atoms with Crippen LogP contribution in [-0.4, -0.2) is 0 Å². The molecule has 0 aromatic heterocycles. The Morgan fingerprint density at radius 3 is 1.83 bits per heavy atom. The zero-order valence-corrected chi connectivity index (χ0v) is 27.7. The second kappa shape index (κ2) is 11.3. The van der Waals surface area contributed by atoms with Crippen LogP contribution in [0.2, 0.25) is 0 Å². The molecule has 7 aromatic rings. The molecular formula is C45H33NOS. The zero-order chi connectivity index (χ0) is 32.2. The van der Waals surface area contributed by atoms with Gasteiger partial charge in [0, 0.05) is 22.5 Å². The maximum absolute atomic E-state index is 6.31. The fourth-order valence-electron chi connectivity index (χ4n) is 7.28. The maximum atomic E-state index is 6.31. The number of fused-ring (bicyclic) bond motifs is 5. The lowest BCUT2D eigenvalue weighted by Crippen LogP contribution is -2.16. The van der Waals surface area contributed by atoms with Crippen molar-refractivity contribution in [2.24, 2.45) is 0 Å². The molecular weight excluding hydrogens is 603 g/mol. The van der Waals surface area contributed by atoms with E-state index in [2.05, 4.69) is 170 Å². The highest BCUT2D eigenvalue weighted by molar-refractivity contribution is 7.99. The van der Waals surface area contributed by atoms with Gasteiger partial charge < -0.3 is 9.64 Å². The first-order valence-corrected chi connectivity index (χ1v) is 17.2. The van der Waals surface area contributed by atoms with E-state index in [0.29, 0.717) is 0 Å². The van der Waals surface area contributed by atoms with Crippen LogP contribution in [0.3, 0.4) is 0 Å². The molecule has 1 aliphatic heterocycles. The van der Waals surface area contributed by atoms with Gasteiger partial charge in [-0.05, 0) is 99.1 Å². The Morgan fingerprint density at radius 1 is 0.458 bits per heavy atom. The number of ether oxygens (including phenoxy) is 1. The third kappa shape index (κ3) is 4.73. The molecule has 0 radical (unpaired) electrons. The molecule has 2 aliphatic rings. The molecule has 0 saturated heterocycles. The summed E-state index contributed by atoms with van der Waals surface area (Å²) < 4.78 is 6.31. The Morgan fingerprint density at radius 2 is 1.04 bits per heavy atom. The minimum atomic E-state index is -0.0839. The van der Waals surface area contributed by atoms with Crippen LogP contribution in [0.15, 0.2) is 174 Å². The minimum Gasteiger partial charge on any atom is -0.455 e. The lowest BCUT2D eigenvalue weighted by atomic mass is 9.82. The highest BCUT2D eigenvalue weighted by Gasteiger charge is 2.35. The first-order chi connectivity index (χ1) is 23.5. The molecule has 230 valence electrons. The zero-order valence-electron chi connectivity index (χ0n) is 26.9. The average Bonchev–Trinajstić information content (AvgIpc) is 3.37. The van der Waals surface area contributed by atoms with Crippen molar-refractivity contribution in [1.82, 2.24) is 0 Å². The van der Waals surface area contributed by atoms with Crippen LogP contribution in [0.1, 0.15) is 25.0 Å². The van der Waals surface area contributed by atoms with Gasteiger partial charge in [0.05, 0.1) is 9.79 Å². The average molecular weight is 636 g/mol. The lowest BCUT2D eigenvalue weighted by Gasteiger charge is -2.28. The van der Waals surface area contributed by atoms with E-state index in [1.54, 1.807) is 11.8 Å². The molecule has 0 saturated carbocycles. The van der Waals surface area contributed by atoms with E-state index in [1.165, 1.54) is 38.9 Å². The van der Waals surface area contributed by atoms with Crippen LogP contribution >= 0.6 is 11.8 Å². The van der Waals surface area contributed by atoms with Crippen molar-refractivity contribution < 1.29 is 4.74 Å². The van der Waals surface area contributed by atoms with E-state index >= 15 is 0 Å². The predicted octanol–water partition coefficient (Wildman–Crippen LogP) is 13.1. The van der Waals surface area contributed by atoms with Crippen molar-refractivity contribution in [2.75, 3.05) is 4.90 Å². The number of hydrogen-bond donors (Lipinski definition) is 0. The van der Waals surface area contributed by atoms with E-state index in [1.807, 2.05) is 12.1 Å². The fourth-order valence-corrected chi connectivity index (χ4v) is 8.36. The van der Waals surface area contributed by atoms with Gasteiger partial charge in [0.1, 0.15) is 11.5 Å². The van der Waals surface area contributed by atoms with E-state index in [0.717, 1.165) is 43.9 Å². The van der Waals surface area contributed by atoms with E-state index in [-0.39, 0.29) is 5.41 Å². The summed E-state index contributed by atoms with van der Waals surface area (Å²) in [5, 5.41) is 0. The second-order valence-electron chi connectivity index (χ2n) is 13.0. The molecule has 0 spiro atoms. The van der Waals surface area contributed by atoms with Crippen LogP contribution < -0.4 is 9.64 Å². The molecule has 1 aliphatic carbocycles. The molecule has 0 unspecified atom stereocenters. The monoisotopic (exact) mass is 635 g/mol. The van der Waals surface area contributed by atoms with E-state index in [4.69, 9.17) is 4.74 Å². The SMILES string of the molecule is CC1(C)c2ccccc2-c2ccc(N(c3ccc(-c4ccccc4)cc3)c3ccc(-c4cccc5c4Sc4ccccc4O5)cc3)cc21. The van der Waals surface area contributed by atoms with Crippen LogP contribution in [0.5, 0.6) is 11.5 Å². The van der Waals surface area contributed by atoms with Gasteiger partial charge >= 0.3 is 0 Å². The minimum absolute atomic E-state index is 0.0839. The molecule has 0 bridgehead atoms. The molecule has 9 rings (SSSR count). The first kappa shape index (κ1) is 28.7. The summed E-state index contributed by atoms with van der Waals surface area (Å²) >= 11 is 1.78. The second-order valence-corrected chi connectivity index (χ2v) is 14.0. The highest BCUT2D eigenvalue weighted by atomic mass is 32.2. The van der Waals surface area contributed by atoms with Gasteiger partial charge in [-0.15, -0.1) is 0 Å². The largest absolute Gasteiger partial charge is 0.455 e. The number of anilines is 3. The predicted molar refractivity (Wildman–Crippen MR) is 200 cm³/mol. The number of nitrogens with zero attached hydrogens (tertiary/aromatic N) is 1. The molecule has 48 heavy (non-hydrogen) atoms. The number of para-hydroxylation sites is 1. The first-order valence-electron chi connectivity index (χ1n) is 16.4. The van der Waals surface area contributed by atoms with Gasteiger partial charge in [-0.1, -0.05) is 135 Å². The standard InChI is InChI=1S/C45H33NOS/c1-45(2)39-15-7-6-13-37(39)38-28-27-35(29-40(38)45)46(33-23-19-31(20-24-33)30-11-4-3-5-12-30)34-25-21-32(22-26-34)36-14-10-17-42-44(36)48-43-18-9-8-16-41(43)47-42/h3-29H,1-2H3. The van der Waals surface area contributed by atoms with Crippen molar-refractivity contribution >= 4 is 28.8 Å². The Kier molecular flexibility index (Phi) is 6.77. The molecule has 3 heteroatoms. The van der Waals surface area contributed by atoms with Crippen molar-refractivity contribution in [2.45, 2.75) is 29.1 Å². The summed E-state index contributed by atoms with van der Waals surface area (Å²) in [4.78, 5) is 4.67. The molecule has 0 amide bonds. The molecule has 0 atom stereocenters. The van der Waals surface area contributed by atoms with Crippen molar-refractivity contribution in [3.63, 3.8) is 0 Å². The molecule has 0 fully saturated rings. The van der Waals surface area contributed by atoms with Gasteiger partial charge in [-0.2, -0.15) is 0 Å². The van der Waals surface area contributed by atoms with Gasteiger partial charge in [-0.25, -0.2) is 0 Å². The smallest absolute Gasteiger partial charge is 0.142 e. The van der Waals surface area contributed by atoms with Gasteiger partial charge in [0.2, 0.25) is 0 Å². The summed E-state index contributed by atoms with van der Waals surface area (Å²) in [7, 11) is 0. The number of hydrogen-bond acceptors (Lipinski definition) is 3. The van der Waals surface area contributed by atoms with Crippen molar-refractivity contribution in [3.05, 3.63) is 175 Å². The molecule has 2 nitrogen and oxygen atoms in total. The normalized spacial score (nSPS) is 13.5. The Bertz CT molecular complexity index is 2310. The third-order valence-electron chi connectivity index (χ3n) is 9.75. The molecule has 1 heterocycles. The maximum Gasteiger partial charge on any atom is 0.142 e. The summed E-state index contributed by atoms with van der Waals surface area (Å²) in [5.74, 6) is 1.82. The molecule has 7 aromatic carbocycles. The Labute approximate surface area is 286 Å². The lowest BCUT2D eigenvalue weighted by molar-refractivity contribution is 0.455. The Hall–Kier alpha value is -5.51. The summed E-state index contributed by atoms with van der Waals surface area (Å²) in [6, 6.07) is 58.9. The topological polar surface area (TPSA) is 12.5 Å². The van der Waals surface area contributed by atoms with Gasteiger partial charge in [0.25, 0.3) is 0 Å². The number of benzene rings is 7. The van der Waals surface area contributed by atoms with Crippen molar-refractivity contribution in [1.29, 1.82) is 0 Å². The van der Waals surface area contributed by atoms with Gasteiger partial charge in [0.15, 0.2) is 0 Å². The summed E-state index contributed by atoms with van der Waals surface area (Å²) in [6.07, 6.45) is 0.